The van der Waals surface area contributed by atoms with Gasteiger partial charge in [-0.25, -0.2) is 8.42 Å². The molecule has 168 valence electrons. The molecule has 0 aromatic heterocycles. The summed E-state index contributed by atoms with van der Waals surface area (Å²) < 4.78 is 30.5. The Balaban J connectivity index is 1.99. The number of methoxy groups -OCH3 is 1. The van der Waals surface area contributed by atoms with Crippen LogP contribution in [0.1, 0.15) is 11.1 Å². The fraction of sp³-hybridized carbons (Fsp3) is 0.350. The number of sulfonamides is 1. The molecular weight excluding hydrogens is 442 g/mol. The molecule has 31 heavy (non-hydrogen) atoms. The van der Waals surface area contributed by atoms with Crippen LogP contribution in [0.15, 0.2) is 42.5 Å². The first-order chi connectivity index (χ1) is 14.6. The van der Waals surface area contributed by atoms with Crippen molar-refractivity contribution in [3.8, 4) is 5.75 Å². The first kappa shape index (κ1) is 24.5. The number of nitrogens with one attached hydrogen (secondary N) is 1. The predicted molar refractivity (Wildman–Crippen MR) is 122 cm³/mol. The number of hydrogen-bond acceptors (Lipinski definition) is 7. The predicted octanol–water partition coefficient (Wildman–Crippen LogP) is 2.73. The Morgan fingerprint density at radius 1 is 1.26 bits per heavy atom. The summed E-state index contributed by atoms with van der Waals surface area (Å²) in [6.45, 7) is 1.87. The molecule has 11 heteroatoms. The molecule has 0 aliphatic heterocycles. The van der Waals surface area contributed by atoms with Gasteiger partial charge in [-0.05, 0) is 18.6 Å². The second kappa shape index (κ2) is 11.0. The van der Waals surface area contributed by atoms with E-state index in [4.69, 9.17) is 4.74 Å². The number of amides is 1. The molecule has 0 unspecified atom stereocenters. The largest absolute Gasteiger partial charge is 0.495 e. The van der Waals surface area contributed by atoms with E-state index in [1.165, 1.54) is 30.4 Å². The van der Waals surface area contributed by atoms with Crippen LogP contribution in [-0.2, 0) is 20.6 Å². The van der Waals surface area contributed by atoms with Crippen LogP contribution >= 0.6 is 11.8 Å². The number of carbonyl (C=O) groups excluding carboxylic acids is 1. The average molecular weight is 468 g/mol. The number of aryl methyl sites for hydroxylation is 1. The van der Waals surface area contributed by atoms with Crippen molar-refractivity contribution in [1.82, 2.24) is 5.32 Å². The van der Waals surface area contributed by atoms with Gasteiger partial charge in [0.1, 0.15) is 18.0 Å². The Labute approximate surface area is 186 Å². The lowest BCUT2D eigenvalue weighted by atomic mass is 10.2. The van der Waals surface area contributed by atoms with Crippen molar-refractivity contribution in [2.45, 2.75) is 12.7 Å². The van der Waals surface area contributed by atoms with Crippen LogP contribution in [0.5, 0.6) is 5.75 Å². The topological polar surface area (TPSA) is 119 Å². The van der Waals surface area contributed by atoms with Crippen LogP contribution < -0.4 is 14.4 Å². The van der Waals surface area contributed by atoms with E-state index in [1.807, 2.05) is 25.1 Å². The monoisotopic (exact) mass is 467 g/mol. The highest BCUT2D eigenvalue weighted by Gasteiger charge is 2.26. The number of ether oxygens (including phenoxy) is 1. The van der Waals surface area contributed by atoms with Gasteiger partial charge < -0.3 is 10.1 Å². The zero-order valence-electron chi connectivity index (χ0n) is 17.5. The molecule has 0 aliphatic rings. The zero-order valence-corrected chi connectivity index (χ0v) is 19.2. The van der Waals surface area contributed by atoms with Gasteiger partial charge in [-0.15, -0.1) is 0 Å². The summed E-state index contributed by atoms with van der Waals surface area (Å²) in [5.74, 6) is 1.05. The lowest BCUT2D eigenvalue weighted by molar-refractivity contribution is -0.384. The van der Waals surface area contributed by atoms with E-state index in [1.54, 1.807) is 11.8 Å². The number of benzene rings is 2. The number of nitro groups is 1. The van der Waals surface area contributed by atoms with E-state index in [0.717, 1.165) is 22.4 Å². The summed E-state index contributed by atoms with van der Waals surface area (Å²) in [6, 6.07) is 11.7. The lowest BCUT2D eigenvalue weighted by Gasteiger charge is -2.23. The minimum absolute atomic E-state index is 0.0665. The molecule has 1 N–H and O–H groups in total. The second-order valence-electron chi connectivity index (χ2n) is 6.77. The molecule has 2 aromatic rings. The second-order valence-corrected chi connectivity index (χ2v) is 9.79. The van der Waals surface area contributed by atoms with Crippen molar-refractivity contribution >= 4 is 39.1 Å². The molecule has 0 radical (unpaired) electrons. The Morgan fingerprint density at radius 3 is 2.61 bits per heavy atom. The molecule has 1 amide bonds. The summed E-state index contributed by atoms with van der Waals surface area (Å²) in [5.41, 5.74) is 2.00. The van der Waals surface area contributed by atoms with Crippen molar-refractivity contribution in [2.75, 3.05) is 36.5 Å². The quantitative estimate of drug-likeness (QED) is 0.307. The van der Waals surface area contributed by atoms with E-state index in [0.29, 0.717) is 12.3 Å². The Morgan fingerprint density at radius 2 is 2.00 bits per heavy atom. The van der Waals surface area contributed by atoms with Crippen molar-refractivity contribution in [3.63, 3.8) is 0 Å². The van der Waals surface area contributed by atoms with Crippen LogP contribution in [-0.4, -0.2) is 51.5 Å². The van der Waals surface area contributed by atoms with E-state index in [9.17, 15) is 23.3 Å². The molecule has 0 fully saturated rings. The molecule has 0 saturated carbocycles. The first-order valence-electron chi connectivity index (χ1n) is 9.32. The normalized spacial score (nSPS) is 11.1. The van der Waals surface area contributed by atoms with Crippen LogP contribution in [0.4, 0.5) is 11.4 Å². The molecule has 9 nitrogen and oxygen atoms in total. The standard InChI is InChI=1S/C20H25N3O6S2/c1-15-5-4-6-16(11-15)14-30-10-9-21-20(24)13-22(31(3,27)28)18-12-17(23(25)26)7-8-19(18)29-2/h4-8,11-12H,9-10,13-14H2,1-3H3,(H,21,24). The first-order valence-corrected chi connectivity index (χ1v) is 12.3. The smallest absolute Gasteiger partial charge is 0.271 e. The number of non-ortho nitro benzene ring substituents is 1. The summed E-state index contributed by atoms with van der Waals surface area (Å²) in [7, 11) is -2.58. The highest BCUT2D eigenvalue weighted by atomic mass is 32.2. The Kier molecular flexibility index (Phi) is 8.69. The molecule has 0 bridgehead atoms. The number of carbonyl (C=O) groups is 1. The van der Waals surface area contributed by atoms with Gasteiger partial charge >= 0.3 is 0 Å². The SMILES string of the molecule is COc1ccc([N+](=O)[O-])cc1N(CC(=O)NCCSCc1cccc(C)c1)S(C)(=O)=O. The highest BCUT2D eigenvalue weighted by molar-refractivity contribution is 7.98. The van der Waals surface area contributed by atoms with Crippen LogP contribution in [0.25, 0.3) is 0 Å². The van der Waals surface area contributed by atoms with Gasteiger partial charge in [0, 0.05) is 30.2 Å². The van der Waals surface area contributed by atoms with Gasteiger partial charge in [0.05, 0.1) is 18.3 Å². The van der Waals surface area contributed by atoms with Crippen molar-refractivity contribution in [3.05, 3.63) is 63.7 Å². The number of rotatable bonds is 11. The maximum absolute atomic E-state index is 12.4. The number of anilines is 1. The van der Waals surface area contributed by atoms with Gasteiger partial charge in [-0.1, -0.05) is 29.8 Å². The zero-order chi connectivity index (χ0) is 23.0. The molecule has 0 aliphatic carbocycles. The van der Waals surface area contributed by atoms with Crippen LogP contribution in [0.2, 0.25) is 0 Å². The number of hydrogen-bond donors (Lipinski definition) is 1. The molecule has 0 heterocycles. The summed E-state index contributed by atoms with van der Waals surface area (Å²) in [6.07, 6.45) is 0.927. The molecular formula is C20H25N3O6S2. The van der Waals surface area contributed by atoms with E-state index in [2.05, 4.69) is 11.4 Å². The van der Waals surface area contributed by atoms with Gasteiger partial charge in [-0.3, -0.25) is 19.2 Å². The fourth-order valence-corrected chi connectivity index (χ4v) is 4.47. The minimum Gasteiger partial charge on any atom is -0.495 e. The average Bonchev–Trinajstić information content (AvgIpc) is 2.70. The maximum atomic E-state index is 12.4. The third kappa shape index (κ3) is 7.44. The van der Waals surface area contributed by atoms with E-state index >= 15 is 0 Å². The fourth-order valence-electron chi connectivity index (χ4n) is 2.81. The summed E-state index contributed by atoms with van der Waals surface area (Å²) in [4.78, 5) is 22.8. The summed E-state index contributed by atoms with van der Waals surface area (Å²) >= 11 is 1.65. The number of nitrogens with zero attached hydrogens (tertiary/aromatic N) is 2. The third-order valence-electron chi connectivity index (χ3n) is 4.25. The van der Waals surface area contributed by atoms with Crippen molar-refractivity contribution < 1.29 is 22.9 Å². The number of thioether (sulfide) groups is 1. The van der Waals surface area contributed by atoms with Crippen LogP contribution in [0, 0.1) is 17.0 Å². The highest BCUT2D eigenvalue weighted by Crippen LogP contribution is 2.33. The third-order valence-corrected chi connectivity index (χ3v) is 6.41. The Hall–Kier alpha value is -2.79. The minimum atomic E-state index is -3.90. The molecule has 0 atom stereocenters. The molecule has 0 spiro atoms. The maximum Gasteiger partial charge on any atom is 0.271 e. The van der Waals surface area contributed by atoms with Gasteiger partial charge in [-0.2, -0.15) is 11.8 Å². The van der Waals surface area contributed by atoms with E-state index in [-0.39, 0.29) is 17.1 Å². The van der Waals surface area contributed by atoms with Crippen molar-refractivity contribution in [1.29, 1.82) is 0 Å². The van der Waals surface area contributed by atoms with Gasteiger partial charge in [0.15, 0.2) is 0 Å². The van der Waals surface area contributed by atoms with Gasteiger partial charge in [0.25, 0.3) is 5.69 Å². The van der Waals surface area contributed by atoms with Crippen LogP contribution in [0.3, 0.4) is 0 Å². The summed E-state index contributed by atoms with van der Waals surface area (Å²) in [5, 5.41) is 13.8. The Bertz CT molecular complexity index is 1040. The lowest BCUT2D eigenvalue weighted by Crippen LogP contribution is -2.41. The van der Waals surface area contributed by atoms with Crippen molar-refractivity contribution in [2.24, 2.45) is 0 Å². The molecule has 0 saturated heterocycles. The van der Waals surface area contributed by atoms with E-state index < -0.39 is 27.4 Å². The molecule has 2 rings (SSSR count). The molecule has 2 aromatic carbocycles. The number of nitro benzene ring substituents is 1. The van der Waals surface area contributed by atoms with Gasteiger partial charge in [0.2, 0.25) is 15.9 Å².